The topological polar surface area (TPSA) is 90.9 Å². The van der Waals surface area contributed by atoms with Gasteiger partial charge in [0.25, 0.3) is 5.91 Å². The molecule has 1 aliphatic rings. The van der Waals surface area contributed by atoms with E-state index < -0.39 is 0 Å². The smallest absolute Gasteiger partial charge is 0.255 e. The first-order chi connectivity index (χ1) is 10.2. The average molecular weight is 290 g/mol. The molecule has 0 radical (unpaired) electrons. The van der Waals surface area contributed by atoms with Crippen molar-refractivity contribution in [3.8, 4) is 5.75 Å². The molecule has 2 rings (SSSR count). The fraction of sp³-hybridized carbons (Fsp3) is 0.467. The van der Waals surface area contributed by atoms with Gasteiger partial charge in [0.1, 0.15) is 5.75 Å². The zero-order chi connectivity index (χ0) is 15.1. The summed E-state index contributed by atoms with van der Waals surface area (Å²) in [4.78, 5) is 18.2. The van der Waals surface area contributed by atoms with Crippen molar-refractivity contribution in [2.24, 2.45) is 10.7 Å². The van der Waals surface area contributed by atoms with Crippen LogP contribution in [0.1, 0.15) is 29.6 Å². The van der Waals surface area contributed by atoms with Gasteiger partial charge in [-0.3, -0.25) is 9.79 Å². The molecule has 1 heterocycles. The van der Waals surface area contributed by atoms with Gasteiger partial charge < -0.3 is 21.1 Å². The van der Waals surface area contributed by atoms with Crippen LogP contribution in [0.3, 0.4) is 0 Å². The molecular weight excluding hydrogens is 268 g/mol. The second kappa shape index (κ2) is 7.52. The SMILES string of the molecule is NC(=NCCNC(=O)c1ccccc1O)N1CCCCC1. The van der Waals surface area contributed by atoms with Crippen molar-refractivity contribution in [3.63, 3.8) is 0 Å². The molecule has 6 heteroatoms. The minimum atomic E-state index is -0.306. The van der Waals surface area contributed by atoms with Crippen LogP contribution >= 0.6 is 0 Å². The fourth-order valence-corrected chi connectivity index (χ4v) is 2.32. The number of para-hydroxylation sites is 1. The molecular formula is C15H22N4O2. The minimum Gasteiger partial charge on any atom is -0.507 e. The largest absolute Gasteiger partial charge is 0.507 e. The number of hydrogen-bond donors (Lipinski definition) is 3. The first kappa shape index (κ1) is 15.2. The van der Waals surface area contributed by atoms with Gasteiger partial charge in [-0.25, -0.2) is 0 Å². The van der Waals surface area contributed by atoms with E-state index in [-0.39, 0.29) is 17.2 Å². The minimum absolute atomic E-state index is 0.0219. The number of aliphatic imine (C=N–C) groups is 1. The number of carbonyl (C=O) groups is 1. The molecule has 21 heavy (non-hydrogen) atoms. The molecule has 1 aromatic carbocycles. The fourth-order valence-electron chi connectivity index (χ4n) is 2.32. The lowest BCUT2D eigenvalue weighted by Gasteiger charge is -2.27. The van der Waals surface area contributed by atoms with E-state index in [1.807, 2.05) is 0 Å². The van der Waals surface area contributed by atoms with Gasteiger partial charge in [-0.1, -0.05) is 12.1 Å². The molecule has 0 unspecified atom stereocenters. The van der Waals surface area contributed by atoms with Crippen molar-refractivity contribution in [2.45, 2.75) is 19.3 Å². The van der Waals surface area contributed by atoms with Crippen LogP contribution in [0.15, 0.2) is 29.3 Å². The van der Waals surface area contributed by atoms with E-state index in [1.54, 1.807) is 18.2 Å². The Morgan fingerprint density at radius 1 is 1.29 bits per heavy atom. The van der Waals surface area contributed by atoms with Crippen molar-refractivity contribution in [3.05, 3.63) is 29.8 Å². The Kier molecular flexibility index (Phi) is 5.43. The van der Waals surface area contributed by atoms with Crippen molar-refractivity contribution >= 4 is 11.9 Å². The van der Waals surface area contributed by atoms with E-state index in [4.69, 9.17) is 5.73 Å². The molecule has 0 atom stereocenters. The van der Waals surface area contributed by atoms with Gasteiger partial charge in [0.05, 0.1) is 12.1 Å². The monoisotopic (exact) mass is 290 g/mol. The summed E-state index contributed by atoms with van der Waals surface area (Å²) in [5, 5.41) is 12.3. The van der Waals surface area contributed by atoms with Crippen molar-refractivity contribution in [1.82, 2.24) is 10.2 Å². The number of hydrogen-bond acceptors (Lipinski definition) is 3. The van der Waals surface area contributed by atoms with E-state index in [1.165, 1.54) is 12.5 Å². The standard InChI is InChI=1S/C15H22N4O2/c16-15(19-10-4-1-5-11-19)18-9-8-17-14(21)12-6-2-3-7-13(12)20/h2-3,6-7,20H,1,4-5,8-11H2,(H2,16,18)(H,17,21). The molecule has 1 aliphatic heterocycles. The van der Waals surface area contributed by atoms with Crippen LogP contribution in [0, 0.1) is 0 Å². The molecule has 6 nitrogen and oxygen atoms in total. The number of likely N-dealkylation sites (tertiary alicyclic amines) is 1. The van der Waals surface area contributed by atoms with Crippen LogP contribution in [0.25, 0.3) is 0 Å². The Bertz CT molecular complexity index is 510. The number of carbonyl (C=O) groups excluding carboxylic acids is 1. The number of nitrogens with one attached hydrogen (secondary N) is 1. The van der Waals surface area contributed by atoms with E-state index in [2.05, 4.69) is 15.2 Å². The quantitative estimate of drug-likeness (QED) is 0.437. The molecule has 114 valence electrons. The third-order valence-corrected chi connectivity index (χ3v) is 3.50. The molecule has 1 saturated heterocycles. The van der Waals surface area contributed by atoms with Crippen molar-refractivity contribution in [1.29, 1.82) is 0 Å². The average Bonchev–Trinajstić information content (AvgIpc) is 2.52. The number of benzene rings is 1. The predicted octanol–water partition coefficient (Wildman–Crippen LogP) is 0.923. The summed E-state index contributed by atoms with van der Waals surface area (Å²) in [5.41, 5.74) is 6.19. The number of nitrogens with zero attached hydrogens (tertiary/aromatic N) is 2. The summed E-state index contributed by atoms with van der Waals surface area (Å²) in [5.74, 6) is 0.220. The normalized spacial score (nSPS) is 15.8. The molecule has 1 aromatic rings. The zero-order valence-electron chi connectivity index (χ0n) is 12.1. The van der Waals surface area contributed by atoms with Crippen LogP contribution in [-0.4, -0.2) is 48.1 Å². The number of rotatable bonds is 4. The zero-order valence-corrected chi connectivity index (χ0v) is 12.1. The Morgan fingerprint density at radius 2 is 2.00 bits per heavy atom. The Hall–Kier alpha value is -2.24. The van der Waals surface area contributed by atoms with Crippen molar-refractivity contribution in [2.75, 3.05) is 26.2 Å². The van der Waals surface area contributed by atoms with Gasteiger partial charge in [-0.2, -0.15) is 0 Å². The van der Waals surface area contributed by atoms with Crippen LogP contribution in [0.4, 0.5) is 0 Å². The lowest BCUT2D eigenvalue weighted by atomic mass is 10.1. The summed E-state index contributed by atoms with van der Waals surface area (Å²) in [7, 11) is 0. The number of phenols is 1. The van der Waals surface area contributed by atoms with Gasteiger partial charge in [0, 0.05) is 19.6 Å². The number of nitrogens with two attached hydrogens (primary N) is 1. The second-order valence-electron chi connectivity index (χ2n) is 5.06. The third kappa shape index (κ3) is 4.37. The maximum atomic E-state index is 11.9. The summed E-state index contributed by atoms with van der Waals surface area (Å²) in [6, 6.07) is 6.45. The molecule has 0 saturated carbocycles. The van der Waals surface area contributed by atoms with Gasteiger partial charge in [-0.15, -0.1) is 0 Å². The van der Waals surface area contributed by atoms with E-state index in [0.29, 0.717) is 19.0 Å². The van der Waals surface area contributed by atoms with Gasteiger partial charge in [-0.05, 0) is 31.4 Å². The Balaban J connectivity index is 1.76. The molecule has 1 fully saturated rings. The number of guanidine groups is 1. The molecule has 0 aliphatic carbocycles. The number of piperidine rings is 1. The summed E-state index contributed by atoms with van der Waals surface area (Å²) in [6.07, 6.45) is 3.56. The van der Waals surface area contributed by atoms with Gasteiger partial charge in [0.2, 0.25) is 0 Å². The number of aromatic hydroxyl groups is 1. The molecule has 0 bridgehead atoms. The molecule has 0 aromatic heterocycles. The van der Waals surface area contributed by atoms with E-state index >= 15 is 0 Å². The van der Waals surface area contributed by atoms with Crippen LogP contribution < -0.4 is 11.1 Å². The second-order valence-corrected chi connectivity index (χ2v) is 5.06. The maximum absolute atomic E-state index is 11.9. The highest BCUT2D eigenvalue weighted by atomic mass is 16.3. The summed E-state index contributed by atoms with van der Waals surface area (Å²) < 4.78 is 0. The van der Waals surface area contributed by atoms with Crippen LogP contribution in [0.2, 0.25) is 0 Å². The molecule has 0 spiro atoms. The summed E-state index contributed by atoms with van der Waals surface area (Å²) >= 11 is 0. The number of amides is 1. The predicted molar refractivity (Wildman–Crippen MR) is 82.4 cm³/mol. The van der Waals surface area contributed by atoms with E-state index in [9.17, 15) is 9.90 Å². The summed E-state index contributed by atoms with van der Waals surface area (Å²) in [6.45, 7) is 2.74. The van der Waals surface area contributed by atoms with E-state index in [0.717, 1.165) is 25.9 Å². The first-order valence-electron chi connectivity index (χ1n) is 7.29. The third-order valence-electron chi connectivity index (χ3n) is 3.50. The first-order valence-corrected chi connectivity index (χ1v) is 7.29. The lowest BCUT2D eigenvalue weighted by Crippen LogP contribution is -2.41. The van der Waals surface area contributed by atoms with Gasteiger partial charge in [0.15, 0.2) is 5.96 Å². The van der Waals surface area contributed by atoms with Crippen LogP contribution in [-0.2, 0) is 0 Å². The van der Waals surface area contributed by atoms with Crippen LogP contribution in [0.5, 0.6) is 5.75 Å². The highest BCUT2D eigenvalue weighted by Crippen LogP contribution is 2.14. The molecule has 4 N–H and O–H groups in total. The maximum Gasteiger partial charge on any atom is 0.255 e. The Labute approximate surface area is 124 Å². The van der Waals surface area contributed by atoms with Crippen molar-refractivity contribution < 1.29 is 9.90 Å². The lowest BCUT2D eigenvalue weighted by molar-refractivity contribution is 0.0952. The van der Waals surface area contributed by atoms with Gasteiger partial charge >= 0.3 is 0 Å². The Morgan fingerprint density at radius 3 is 2.71 bits per heavy atom. The highest BCUT2D eigenvalue weighted by Gasteiger charge is 2.12. The molecule has 1 amide bonds. The number of phenolic OH excluding ortho intramolecular Hbond substituents is 1. The highest BCUT2D eigenvalue weighted by molar-refractivity contribution is 5.96.